The fraction of sp³-hybridized carbons (Fsp3) is 0.571. The van der Waals surface area contributed by atoms with Gasteiger partial charge in [0.1, 0.15) is 5.82 Å². The summed E-state index contributed by atoms with van der Waals surface area (Å²) in [4.78, 5) is 0. The number of benzene rings is 1. The maximum atomic E-state index is 13.3. The molecule has 16 heavy (non-hydrogen) atoms. The molecule has 1 saturated carbocycles. The van der Waals surface area contributed by atoms with Gasteiger partial charge in [0, 0.05) is 6.04 Å². The summed E-state index contributed by atoms with van der Waals surface area (Å²) in [6.45, 7) is 3.19. The van der Waals surface area contributed by atoms with E-state index in [0.29, 0.717) is 6.04 Å². The van der Waals surface area contributed by atoms with Crippen molar-refractivity contribution >= 4 is 0 Å². The summed E-state index contributed by atoms with van der Waals surface area (Å²) in [6, 6.07) is 7.70. The lowest BCUT2D eigenvalue weighted by atomic mass is 10.1. The van der Waals surface area contributed by atoms with Crippen LogP contribution >= 0.6 is 0 Å². The SMILES string of the molecule is CC1CCC(NCCc2ccccc2F)C1. The van der Waals surface area contributed by atoms with Crippen LogP contribution in [0.4, 0.5) is 4.39 Å². The third-order valence-corrected chi connectivity index (χ3v) is 3.48. The number of halogens is 1. The summed E-state index contributed by atoms with van der Waals surface area (Å²) in [5, 5.41) is 3.52. The molecule has 1 aromatic carbocycles. The highest BCUT2D eigenvalue weighted by molar-refractivity contribution is 5.17. The van der Waals surface area contributed by atoms with Gasteiger partial charge in [-0.2, -0.15) is 0 Å². The van der Waals surface area contributed by atoms with Crippen LogP contribution in [0.3, 0.4) is 0 Å². The van der Waals surface area contributed by atoms with Crippen molar-refractivity contribution in [1.29, 1.82) is 0 Å². The summed E-state index contributed by atoms with van der Waals surface area (Å²) < 4.78 is 13.3. The summed E-state index contributed by atoms with van der Waals surface area (Å²) in [5.41, 5.74) is 0.820. The Labute approximate surface area is 97.1 Å². The second-order valence-electron chi connectivity index (χ2n) is 4.91. The lowest BCUT2D eigenvalue weighted by molar-refractivity contribution is 0.501. The van der Waals surface area contributed by atoms with Gasteiger partial charge in [0.2, 0.25) is 0 Å². The zero-order valence-corrected chi connectivity index (χ0v) is 9.88. The Hall–Kier alpha value is -0.890. The van der Waals surface area contributed by atoms with Crippen molar-refractivity contribution in [3.8, 4) is 0 Å². The molecule has 0 spiro atoms. The van der Waals surface area contributed by atoms with Gasteiger partial charge < -0.3 is 5.32 Å². The molecule has 0 heterocycles. The van der Waals surface area contributed by atoms with Crippen LogP contribution in [0.15, 0.2) is 24.3 Å². The van der Waals surface area contributed by atoms with E-state index in [1.807, 2.05) is 12.1 Å². The van der Waals surface area contributed by atoms with E-state index in [1.165, 1.54) is 25.3 Å². The van der Waals surface area contributed by atoms with Crippen molar-refractivity contribution in [2.24, 2.45) is 5.92 Å². The van der Waals surface area contributed by atoms with Gasteiger partial charge in [-0.1, -0.05) is 25.1 Å². The van der Waals surface area contributed by atoms with Gasteiger partial charge in [0.25, 0.3) is 0 Å². The van der Waals surface area contributed by atoms with Crippen LogP contribution in [-0.2, 0) is 6.42 Å². The fourth-order valence-electron chi connectivity index (χ4n) is 2.50. The maximum absolute atomic E-state index is 13.3. The van der Waals surface area contributed by atoms with E-state index in [4.69, 9.17) is 0 Å². The maximum Gasteiger partial charge on any atom is 0.126 e. The summed E-state index contributed by atoms with van der Waals surface area (Å²) in [7, 11) is 0. The number of hydrogen-bond donors (Lipinski definition) is 1. The van der Waals surface area contributed by atoms with Crippen LogP contribution in [0, 0.1) is 11.7 Å². The van der Waals surface area contributed by atoms with Crippen molar-refractivity contribution in [3.05, 3.63) is 35.6 Å². The molecule has 0 aromatic heterocycles. The summed E-state index contributed by atoms with van der Waals surface area (Å²) in [6.07, 6.45) is 4.67. The van der Waals surface area contributed by atoms with E-state index in [2.05, 4.69) is 12.2 Å². The minimum atomic E-state index is -0.0795. The minimum Gasteiger partial charge on any atom is -0.314 e. The highest BCUT2D eigenvalue weighted by Gasteiger charge is 2.20. The first-order valence-corrected chi connectivity index (χ1v) is 6.22. The predicted molar refractivity (Wildman–Crippen MR) is 64.9 cm³/mol. The van der Waals surface area contributed by atoms with Gasteiger partial charge in [0.15, 0.2) is 0 Å². The molecule has 0 saturated heterocycles. The van der Waals surface area contributed by atoms with Gasteiger partial charge in [-0.25, -0.2) is 4.39 Å². The van der Waals surface area contributed by atoms with Crippen molar-refractivity contribution in [1.82, 2.24) is 5.32 Å². The van der Waals surface area contributed by atoms with Gasteiger partial charge in [-0.3, -0.25) is 0 Å². The monoisotopic (exact) mass is 221 g/mol. The van der Waals surface area contributed by atoms with E-state index >= 15 is 0 Å². The first kappa shape index (κ1) is 11.6. The molecule has 2 unspecified atom stereocenters. The molecule has 88 valence electrons. The Balaban J connectivity index is 1.74. The Kier molecular flexibility index (Phi) is 3.94. The van der Waals surface area contributed by atoms with Crippen molar-refractivity contribution < 1.29 is 4.39 Å². The number of nitrogens with one attached hydrogen (secondary N) is 1. The topological polar surface area (TPSA) is 12.0 Å². The summed E-state index contributed by atoms with van der Waals surface area (Å²) in [5.74, 6) is 0.773. The smallest absolute Gasteiger partial charge is 0.126 e. The van der Waals surface area contributed by atoms with Crippen molar-refractivity contribution in [2.75, 3.05) is 6.54 Å². The Morgan fingerprint density at radius 1 is 1.31 bits per heavy atom. The fourth-order valence-corrected chi connectivity index (χ4v) is 2.50. The molecule has 2 heteroatoms. The van der Waals surface area contributed by atoms with Gasteiger partial charge in [0.05, 0.1) is 0 Å². The van der Waals surface area contributed by atoms with Crippen LogP contribution in [0.25, 0.3) is 0 Å². The van der Waals surface area contributed by atoms with Gasteiger partial charge in [-0.15, -0.1) is 0 Å². The minimum absolute atomic E-state index is 0.0795. The predicted octanol–water partition coefficient (Wildman–Crippen LogP) is 3.15. The zero-order valence-electron chi connectivity index (χ0n) is 9.88. The highest BCUT2D eigenvalue weighted by atomic mass is 19.1. The molecule has 1 aliphatic rings. The molecule has 0 bridgehead atoms. The standard InChI is InChI=1S/C14H20FN/c1-11-6-7-13(10-11)16-9-8-12-4-2-3-5-14(12)15/h2-5,11,13,16H,6-10H2,1H3. The zero-order chi connectivity index (χ0) is 11.4. The van der Waals surface area contributed by atoms with E-state index < -0.39 is 0 Å². The lowest BCUT2D eigenvalue weighted by Crippen LogP contribution is -2.28. The Morgan fingerprint density at radius 3 is 2.81 bits per heavy atom. The normalized spacial score (nSPS) is 24.9. The molecule has 1 fully saturated rings. The van der Waals surface area contributed by atoms with Crippen LogP contribution in [0.2, 0.25) is 0 Å². The lowest BCUT2D eigenvalue weighted by Gasteiger charge is -2.12. The van der Waals surface area contributed by atoms with E-state index in [-0.39, 0.29) is 5.82 Å². The molecule has 1 aliphatic carbocycles. The molecule has 2 atom stereocenters. The highest BCUT2D eigenvalue weighted by Crippen LogP contribution is 2.24. The molecule has 0 amide bonds. The van der Waals surface area contributed by atoms with Crippen LogP contribution in [0.1, 0.15) is 31.7 Å². The Morgan fingerprint density at radius 2 is 2.12 bits per heavy atom. The second kappa shape index (κ2) is 5.44. The quantitative estimate of drug-likeness (QED) is 0.823. The number of rotatable bonds is 4. The molecule has 1 aromatic rings. The van der Waals surface area contributed by atoms with Crippen molar-refractivity contribution in [3.63, 3.8) is 0 Å². The van der Waals surface area contributed by atoms with E-state index in [9.17, 15) is 4.39 Å². The first-order chi connectivity index (χ1) is 7.75. The van der Waals surface area contributed by atoms with Crippen molar-refractivity contribution in [2.45, 2.75) is 38.6 Å². The molecular weight excluding hydrogens is 201 g/mol. The van der Waals surface area contributed by atoms with Crippen LogP contribution < -0.4 is 5.32 Å². The molecule has 1 N–H and O–H groups in total. The third-order valence-electron chi connectivity index (χ3n) is 3.48. The van der Waals surface area contributed by atoms with E-state index in [0.717, 1.165) is 24.4 Å². The average molecular weight is 221 g/mol. The Bertz CT molecular complexity index is 337. The first-order valence-electron chi connectivity index (χ1n) is 6.22. The van der Waals surface area contributed by atoms with E-state index in [1.54, 1.807) is 6.07 Å². The van der Waals surface area contributed by atoms with Crippen LogP contribution in [-0.4, -0.2) is 12.6 Å². The molecule has 0 radical (unpaired) electrons. The average Bonchev–Trinajstić information content (AvgIpc) is 2.67. The largest absolute Gasteiger partial charge is 0.314 e. The van der Waals surface area contributed by atoms with Crippen LogP contribution in [0.5, 0.6) is 0 Å². The number of hydrogen-bond acceptors (Lipinski definition) is 1. The second-order valence-corrected chi connectivity index (χ2v) is 4.91. The molecular formula is C14H20FN. The molecule has 2 rings (SSSR count). The third kappa shape index (κ3) is 3.05. The van der Waals surface area contributed by atoms with Gasteiger partial charge in [-0.05, 0) is 49.8 Å². The summed E-state index contributed by atoms with van der Waals surface area (Å²) >= 11 is 0. The molecule has 0 aliphatic heterocycles. The van der Waals surface area contributed by atoms with Gasteiger partial charge >= 0.3 is 0 Å². The molecule has 1 nitrogen and oxygen atoms in total.